The molecule has 2 aliphatic rings. The third-order valence-corrected chi connectivity index (χ3v) is 7.34. The summed E-state index contributed by atoms with van der Waals surface area (Å²) in [7, 11) is 0. The van der Waals surface area contributed by atoms with Gasteiger partial charge in [-0.05, 0) is 48.3 Å². The van der Waals surface area contributed by atoms with E-state index in [4.69, 9.17) is 0 Å². The van der Waals surface area contributed by atoms with Crippen LogP contribution in [0.5, 0.6) is 0 Å². The molecule has 2 rings (SSSR count). The summed E-state index contributed by atoms with van der Waals surface area (Å²) in [6.45, 7) is 9.86. The summed E-state index contributed by atoms with van der Waals surface area (Å²) in [4.78, 5) is 0. The van der Waals surface area contributed by atoms with Crippen molar-refractivity contribution in [3.05, 3.63) is 0 Å². The van der Waals surface area contributed by atoms with Crippen molar-refractivity contribution in [2.45, 2.75) is 98.3 Å². The molecule has 2 bridgehead atoms. The molecule has 0 aromatic heterocycles. The molecule has 118 valence electrons. The molecule has 2 fully saturated rings. The summed E-state index contributed by atoms with van der Waals surface area (Å²) >= 11 is 0. The van der Waals surface area contributed by atoms with Crippen molar-refractivity contribution in [3.63, 3.8) is 0 Å². The van der Waals surface area contributed by atoms with Gasteiger partial charge in [0.2, 0.25) is 0 Å². The molecule has 2 aliphatic carbocycles. The zero-order valence-electron chi connectivity index (χ0n) is 14.6. The minimum absolute atomic E-state index is 0.706. The van der Waals surface area contributed by atoms with Crippen molar-refractivity contribution in [1.29, 1.82) is 0 Å². The second-order valence-electron chi connectivity index (χ2n) is 7.85. The highest BCUT2D eigenvalue weighted by Gasteiger charge is 2.44. The first kappa shape index (κ1) is 16.4. The van der Waals surface area contributed by atoms with Crippen LogP contribution in [0.25, 0.3) is 0 Å². The Bertz CT molecular complexity index is 282. The largest absolute Gasteiger partial charge is 0.0651 e. The summed E-state index contributed by atoms with van der Waals surface area (Å²) in [6.07, 6.45) is 16.4. The van der Waals surface area contributed by atoms with Crippen molar-refractivity contribution in [2.75, 3.05) is 0 Å². The first-order chi connectivity index (χ1) is 9.70. The van der Waals surface area contributed by atoms with Gasteiger partial charge in [-0.2, -0.15) is 0 Å². The summed E-state index contributed by atoms with van der Waals surface area (Å²) < 4.78 is 0. The van der Waals surface area contributed by atoms with Gasteiger partial charge in [0.25, 0.3) is 0 Å². The molecule has 20 heavy (non-hydrogen) atoms. The number of hydrogen-bond donors (Lipinski definition) is 0. The minimum atomic E-state index is 0.706. The Morgan fingerprint density at radius 3 is 2.00 bits per heavy atom. The smallest absolute Gasteiger partial charge is 0.0269 e. The molecule has 0 saturated heterocycles. The van der Waals surface area contributed by atoms with Crippen molar-refractivity contribution in [2.24, 2.45) is 29.1 Å². The fourth-order valence-corrected chi connectivity index (χ4v) is 6.00. The molecule has 0 aromatic carbocycles. The van der Waals surface area contributed by atoms with Gasteiger partial charge in [-0.15, -0.1) is 0 Å². The van der Waals surface area contributed by atoms with Crippen molar-refractivity contribution >= 4 is 0 Å². The molecule has 0 heterocycles. The highest BCUT2D eigenvalue weighted by Crippen LogP contribution is 2.54. The molecular weight excluding hydrogens is 240 g/mol. The predicted octanol–water partition coefficient (Wildman–Crippen LogP) is 6.84. The van der Waals surface area contributed by atoms with Gasteiger partial charge in [0, 0.05) is 0 Å². The van der Waals surface area contributed by atoms with Crippen LogP contribution in [-0.2, 0) is 0 Å². The molecule has 2 saturated carbocycles. The minimum Gasteiger partial charge on any atom is -0.0651 e. The number of fused-ring (bicyclic) bond motifs is 2. The van der Waals surface area contributed by atoms with Gasteiger partial charge in [0.1, 0.15) is 0 Å². The van der Waals surface area contributed by atoms with Crippen molar-refractivity contribution < 1.29 is 0 Å². The van der Waals surface area contributed by atoms with Gasteiger partial charge in [-0.3, -0.25) is 0 Å². The van der Waals surface area contributed by atoms with E-state index in [0.717, 1.165) is 23.7 Å². The third-order valence-electron chi connectivity index (χ3n) is 7.34. The summed E-state index contributed by atoms with van der Waals surface area (Å²) in [6, 6.07) is 0. The van der Waals surface area contributed by atoms with Crippen LogP contribution in [0.15, 0.2) is 0 Å². The van der Waals surface area contributed by atoms with Gasteiger partial charge in [-0.1, -0.05) is 79.1 Å². The fraction of sp³-hybridized carbons (Fsp3) is 1.00. The molecule has 5 atom stereocenters. The quantitative estimate of drug-likeness (QED) is 0.528. The van der Waals surface area contributed by atoms with E-state index in [9.17, 15) is 0 Å². The Hall–Kier alpha value is 0. The van der Waals surface area contributed by atoms with Crippen LogP contribution in [0, 0.1) is 29.1 Å². The van der Waals surface area contributed by atoms with Gasteiger partial charge < -0.3 is 0 Å². The van der Waals surface area contributed by atoms with E-state index in [1.165, 1.54) is 64.2 Å². The Morgan fingerprint density at radius 1 is 0.800 bits per heavy atom. The molecule has 0 amide bonds. The van der Waals surface area contributed by atoms with Crippen molar-refractivity contribution in [3.8, 4) is 0 Å². The van der Waals surface area contributed by atoms with Gasteiger partial charge in [0.05, 0.1) is 0 Å². The highest BCUT2D eigenvalue weighted by atomic mass is 14.5. The monoisotopic (exact) mass is 278 g/mol. The second kappa shape index (κ2) is 7.32. The van der Waals surface area contributed by atoms with Crippen LogP contribution in [0.1, 0.15) is 98.3 Å². The predicted molar refractivity (Wildman–Crippen MR) is 89.9 cm³/mol. The van der Waals surface area contributed by atoms with Gasteiger partial charge in [0.15, 0.2) is 0 Å². The van der Waals surface area contributed by atoms with E-state index in [1.807, 2.05) is 0 Å². The maximum absolute atomic E-state index is 2.49. The molecule has 0 aliphatic heterocycles. The third kappa shape index (κ3) is 3.09. The lowest BCUT2D eigenvalue weighted by molar-refractivity contribution is 0.0420. The van der Waals surface area contributed by atoms with Gasteiger partial charge >= 0.3 is 0 Å². The Balaban J connectivity index is 2.31. The van der Waals surface area contributed by atoms with Crippen LogP contribution in [0.3, 0.4) is 0 Å². The van der Waals surface area contributed by atoms with E-state index in [-0.39, 0.29) is 0 Å². The summed E-state index contributed by atoms with van der Waals surface area (Å²) in [5, 5.41) is 0. The summed E-state index contributed by atoms with van der Waals surface area (Å²) in [5.74, 6) is 4.12. The Labute approximate surface area is 128 Å². The maximum Gasteiger partial charge on any atom is -0.0269 e. The maximum atomic E-state index is 2.49. The lowest BCUT2D eigenvalue weighted by Crippen LogP contribution is -2.36. The topological polar surface area (TPSA) is 0 Å². The zero-order chi connectivity index (χ0) is 14.6. The highest BCUT2D eigenvalue weighted by molar-refractivity contribution is 4.94. The van der Waals surface area contributed by atoms with Crippen LogP contribution in [-0.4, -0.2) is 0 Å². The standard InChI is InChI=1S/C20H38/c1-5-16-11-9-13-18(7-3)20(8-4)14-10-12-17(6-2)19(16)15-20/h16-19H,5-15H2,1-4H3. The van der Waals surface area contributed by atoms with Crippen molar-refractivity contribution in [1.82, 2.24) is 0 Å². The van der Waals surface area contributed by atoms with Gasteiger partial charge in [-0.25, -0.2) is 0 Å². The second-order valence-corrected chi connectivity index (χ2v) is 7.85. The zero-order valence-corrected chi connectivity index (χ0v) is 14.6. The molecule has 0 N–H and O–H groups in total. The lowest BCUT2D eigenvalue weighted by Gasteiger charge is -2.46. The first-order valence-electron chi connectivity index (χ1n) is 9.70. The molecule has 0 heteroatoms. The first-order valence-corrected chi connectivity index (χ1v) is 9.70. The molecule has 5 unspecified atom stereocenters. The van der Waals surface area contributed by atoms with E-state index in [2.05, 4.69) is 27.7 Å². The lowest BCUT2D eigenvalue weighted by atomic mass is 9.59. The van der Waals surface area contributed by atoms with Crippen LogP contribution in [0.2, 0.25) is 0 Å². The molecule has 0 aromatic rings. The van der Waals surface area contributed by atoms with Crippen LogP contribution >= 0.6 is 0 Å². The Morgan fingerprint density at radius 2 is 1.45 bits per heavy atom. The average molecular weight is 279 g/mol. The molecular formula is C20H38. The number of rotatable bonds is 4. The van der Waals surface area contributed by atoms with E-state index >= 15 is 0 Å². The van der Waals surface area contributed by atoms with E-state index < -0.39 is 0 Å². The average Bonchev–Trinajstić information content (AvgIpc) is 2.67. The van der Waals surface area contributed by atoms with E-state index in [0.29, 0.717) is 5.41 Å². The number of hydrogen-bond acceptors (Lipinski definition) is 0. The van der Waals surface area contributed by atoms with Crippen LogP contribution < -0.4 is 0 Å². The molecule has 0 spiro atoms. The van der Waals surface area contributed by atoms with E-state index in [1.54, 1.807) is 6.42 Å². The normalized spacial score (nSPS) is 42.6. The fourth-order valence-electron chi connectivity index (χ4n) is 6.00. The van der Waals surface area contributed by atoms with Crippen LogP contribution in [0.4, 0.5) is 0 Å². The summed E-state index contributed by atoms with van der Waals surface area (Å²) in [5.41, 5.74) is 0.706. The Kier molecular flexibility index (Phi) is 5.99. The molecule has 0 nitrogen and oxygen atoms in total. The molecule has 0 radical (unpaired) electrons. The SMILES string of the molecule is CCC1CCCC(CC)C2(CC)CCCC(CC)C1C2.